The minimum Gasteiger partial charge on any atom is -0.502 e. The number of aromatic nitrogens is 1. The van der Waals surface area contributed by atoms with Crippen molar-refractivity contribution in [3.05, 3.63) is 99.0 Å². The molecule has 4 aliphatic rings. The Morgan fingerprint density at radius 1 is 0.917 bits per heavy atom. The number of aromatic hydroxyl groups is 1. The van der Waals surface area contributed by atoms with Crippen molar-refractivity contribution in [3.63, 3.8) is 0 Å². The van der Waals surface area contributed by atoms with Gasteiger partial charge in [0.25, 0.3) is 5.91 Å². The van der Waals surface area contributed by atoms with E-state index >= 15 is 0 Å². The quantitative estimate of drug-likeness (QED) is 0.620. The van der Waals surface area contributed by atoms with Gasteiger partial charge in [-0.1, -0.05) is 48.5 Å². The van der Waals surface area contributed by atoms with Crippen LogP contribution >= 0.6 is 0 Å². The molecule has 1 N–H and O–H groups in total. The third kappa shape index (κ3) is 2.89. The van der Waals surface area contributed by atoms with Crippen molar-refractivity contribution < 1.29 is 14.6 Å². The van der Waals surface area contributed by atoms with E-state index in [1.807, 2.05) is 4.90 Å². The predicted molar refractivity (Wildman–Crippen MR) is 135 cm³/mol. The molecule has 2 aliphatic carbocycles. The normalized spacial score (nSPS) is 24.9. The van der Waals surface area contributed by atoms with E-state index < -0.39 is 16.7 Å². The zero-order chi connectivity index (χ0) is 24.4. The summed E-state index contributed by atoms with van der Waals surface area (Å²) in [5, 5.41) is 13.1. The second-order valence-corrected chi connectivity index (χ2v) is 10.5. The van der Waals surface area contributed by atoms with Gasteiger partial charge in [0.15, 0.2) is 11.4 Å². The van der Waals surface area contributed by atoms with Crippen LogP contribution in [0.25, 0.3) is 0 Å². The molecule has 0 radical (unpaired) electrons. The molecular formula is C29H29N3O4. The van der Waals surface area contributed by atoms with Crippen LogP contribution in [-0.2, 0) is 23.1 Å². The number of rotatable bonds is 3. The Bertz CT molecular complexity index is 1370. The second-order valence-electron chi connectivity index (χ2n) is 10.5. The van der Waals surface area contributed by atoms with Crippen molar-refractivity contribution in [2.45, 2.75) is 31.2 Å². The predicted octanol–water partition coefficient (Wildman–Crippen LogP) is 3.00. The molecule has 0 spiro atoms. The van der Waals surface area contributed by atoms with E-state index in [9.17, 15) is 14.7 Å². The van der Waals surface area contributed by atoms with Gasteiger partial charge < -0.3 is 14.7 Å². The number of hydrogen-bond acceptors (Lipinski definition) is 5. The fraction of sp³-hybridized carbons (Fsp3) is 0.379. The molecule has 0 saturated carbocycles. The molecule has 0 unspecified atom stereocenters. The summed E-state index contributed by atoms with van der Waals surface area (Å²) < 4.78 is 7.30. The summed E-state index contributed by atoms with van der Waals surface area (Å²) in [6, 6.07) is 18.5. The third-order valence-electron chi connectivity index (χ3n) is 8.71. The molecule has 7 rings (SSSR count). The zero-order valence-corrected chi connectivity index (χ0v) is 20.1. The minimum atomic E-state index is -0.532. The molecule has 2 aromatic carbocycles. The first kappa shape index (κ1) is 21.7. The molecule has 36 heavy (non-hydrogen) atoms. The first-order valence-electron chi connectivity index (χ1n) is 12.9. The monoisotopic (exact) mass is 483 g/mol. The van der Waals surface area contributed by atoms with Gasteiger partial charge in [0.1, 0.15) is 12.2 Å². The highest BCUT2D eigenvalue weighted by Gasteiger charge is 2.58. The summed E-state index contributed by atoms with van der Waals surface area (Å²) in [4.78, 5) is 28.1. The smallest absolute Gasteiger partial charge is 0.277 e. The number of carbonyl (C=O) groups excluding carboxylic acids is 1. The first-order valence-corrected chi connectivity index (χ1v) is 12.9. The van der Waals surface area contributed by atoms with Crippen LogP contribution in [0.1, 0.15) is 45.6 Å². The topological polar surface area (TPSA) is 75.0 Å². The summed E-state index contributed by atoms with van der Waals surface area (Å²) in [6.45, 7) is 2.35. The molecule has 7 nitrogen and oxygen atoms in total. The average Bonchev–Trinajstić information content (AvgIpc) is 3.39. The van der Waals surface area contributed by atoms with Gasteiger partial charge in [0.2, 0.25) is 5.43 Å². The number of nitrogens with zero attached hydrogens (tertiary/aromatic N) is 3. The lowest BCUT2D eigenvalue weighted by atomic mass is 9.81. The molecular weight excluding hydrogens is 454 g/mol. The van der Waals surface area contributed by atoms with E-state index in [4.69, 9.17) is 4.74 Å². The number of amides is 1. The summed E-state index contributed by atoms with van der Waals surface area (Å²) in [6.07, 6.45) is 5.34. The van der Waals surface area contributed by atoms with Gasteiger partial charge in [-0.15, -0.1) is 0 Å². The molecule has 3 heterocycles. The lowest BCUT2D eigenvalue weighted by molar-refractivity contribution is 0.0385. The average molecular weight is 484 g/mol. The maximum Gasteiger partial charge on any atom is 0.277 e. The molecule has 1 aromatic heterocycles. The van der Waals surface area contributed by atoms with Gasteiger partial charge in [-0.3, -0.25) is 19.3 Å². The van der Waals surface area contributed by atoms with Crippen molar-refractivity contribution >= 4 is 5.91 Å². The van der Waals surface area contributed by atoms with E-state index in [1.54, 1.807) is 10.9 Å². The Balaban J connectivity index is 1.45. The summed E-state index contributed by atoms with van der Waals surface area (Å²) in [5.74, 6) is -0.165. The number of benzene rings is 2. The highest BCUT2D eigenvalue weighted by molar-refractivity contribution is 5.96. The van der Waals surface area contributed by atoms with Gasteiger partial charge in [-0.2, -0.15) is 0 Å². The van der Waals surface area contributed by atoms with Crippen LogP contribution in [0.15, 0.2) is 65.6 Å². The summed E-state index contributed by atoms with van der Waals surface area (Å²) in [5.41, 5.74) is 4.14. The Morgan fingerprint density at radius 2 is 1.56 bits per heavy atom. The molecule has 3 aromatic rings. The van der Waals surface area contributed by atoms with Crippen LogP contribution in [0, 0.1) is 11.8 Å². The molecule has 2 aliphatic heterocycles. The molecule has 0 atom stereocenters. The number of pyridine rings is 1. The van der Waals surface area contributed by atoms with Gasteiger partial charge in [-0.25, -0.2) is 0 Å². The van der Waals surface area contributed by atoms with Crippen molar-refractivity contribution in [1.82, 2.24) is 9.58 Å². The van der Waals surface area contributed by atoms with Crippen LogP contribution < -0.4 is 10.4 Å². The van der Waals surface area contributed by atoms with Gasteiger partial charge in [0.05, 0.1) is 0 Å². The number of ether oxygens (including phenoxy) is 1. The minimum absolute atomic E-state index is 0.0581. The van der Waals surface area contributed by atoms with Crippen molar-refractivity contribution in [2.75, 3.05) is 31.4 Å². The van der Waals surface area contributed by atoms with Crippen LogP contribution in [0.3, 0.4) is 0 Å². The van der Waals surface area contributed by atoms with Crippen molar-refractivity contribution in [1.29, 1.82) is 0 Å². The number of fused-ring (bicyclic) bond motifs is 6. The number of carbonyl (C=O) groups is 1. The number of hydrogen-bond donors (Lipinski definition) is 1. The molecule has 184 valence electrons. The van der Waals surface area contributed by atoms with E-state index in [0.29, 0.717) is 32.3 Å². The molecule has 7 heteroatoms. The first-order chi connectivity index (χ1) is 17.6. The molecule has 0 bridgehead atoms. The lowest BCUT2D eigenvalue weighted by Crippen LogP contribution is -2.63. The van der Waals surface area contributed by atoms with Gasteiger partial charge in [-0.05, 0) is 53.9 Å². The summed E-state index contributed by atoms with van der Waals surface area (Å²) >= 11 is 0. The molecule has 1 fully saturated rings. The van der Waals surface area contributed by atoms with Gasteiger partial charge in [0, 0.05) is 37.9 Å². The van der Waals surface area contributed by atoms with Crippen LogP contribution in [0.2, 0.25) is 0 Å². The third-order valence-corrected chi connectivity index (χ3v) is 8.71. The van der Waals surface area contributed by atoms with E-state index in [2.05, 4.69) is 53.5 Å². The van der Waals surface area contributed by atoms with Gasteiger partial charge >= 0.3 is 0 Å². The van der Waals surface area contributed by atoms with Crippen LogP contribution in [-0.4, -0.2) is 47.0 Å². The highest BCUT2D eigenvalue weighted by Crippen LogP contribution is 2.56. The fourth-order valence-electron chi connectivity index (χ4n) is 7.14. The highest BCUT2D eigenvalue weighted by atomic mass is 16.5. The Labute approximate surface area is 209 Å². The van der Waals surface area contributed by atoms with Crippen molar-refractivity contribution in [3.8, 4) is 5.75 Å². The Hall–Kier alpha value is -3.58. The lowest BCUT2D eigenvalue weighted by Gasteiger charge is -2.51. The Morgan fingerprint density at radius 3 is 2.22 bits per heavy atom. The van der Waals surface area contributed by atoms with E-state index in [0.717, 1.165) is 25.7 Å². The maximum atomic E-state index is 13.8. The van der Waals surface area contributed by atoms with E-state index in [-0.39, 0.29) is 17.5 Å². The SMILES string of the molecule is O=C1c2c(O)c(=O)ccn2N(C23c4ccccc4CC2Cc2ccccc23)CN1CC1CCOCC1. The van der Waals surface area contributed by atoms with Crippen molar-refractivity contribution in [2.24, 2.45) is 11.8 Å². The summed E-state index contributed by atoms with van der Waals surface area (Å²) in [7, 11) is 0. The Kier molecular flexibility index (Phi) is 4.80. The standard InChI is InChI=1S/C29H29N3O4/c33-25-9-12-31-26(27(25)34)28(35)30(17-19-10-13-36-14-11-19)18-32(31)29-22(15-20-5-1-3-7-23(20)29)16-21-6-2-4-8-24(21)29/h1-9,12,19,22,34H,10-11,13-18H2. The van der Waals surface area contributed by atoms with Crippen LogP contribution in [0.5, 0.6) is 5.75 Å². The molecule has 1 saturated heterocycles. The van der Waals surface area contributed by atoms with E-state index in [1.165, 1.54) is 28.3 Å². The molecule has 1 amide bonds. The fourth-order valence-corrected chi connectivity index (χ4v) is 7.14. The largest absolute Gasteiger partial charge is 0.502 e. The zero-order valence-electron chi connectivity index (χ0n) is 20.1. The second kappa shape index (κ2) is 7.96. The van der Waals surface area contributed by atoms with Crippen LogP contribution in [0.4, 0.5) is 0 Å². The maximum absolute atomic E-state index is 13.8.